The van der Waals surface area contributed by atoms with Crippen LogP contribution in [0.3, 0.4) is 0 Å². The Bertz CT molecular complexity index is 924. The van der Waals surface area contributed by atoms with Gasteiger partial charge in [0.1, 0.15) is 12.8 Å². The quantitative estimate of drug-likeness (QED) is 0.415. The molecule has 0 saturated carbocycles. The van der Waals surface area contributed by atoms with Gasteiger partial charge in [-0.2, -0.15) is 17.2 Å². The molecule has 4 atom stereocenters. The topological polar surface area (TPSA) is 126 Å². The smallest absolute Gasteiger partial charge is 0.340 e. The van der Waals surface area contributed by atoms with Crippen LogP contribution in [0.25, 0.3) is 0 Å². The first kappa shape index (κ1) is 24.9. The summed E-state index contributed by atoms with van der Waals surface area (Å²) in [6.45, 7) is 4.29. The molecule has 2 heterocycles. The van der Waals surface area contributed by atoms with Crippen LogP contribution in [0.4, 0.5) is 0 Å². The molecule has 0 bridgehead atoms. The van der Waals surface area contributed by atoms with Gasteiger partial charge in [0.15, 0.2) is 6.61 Å². The number of aromatic nitrogens is 2. The molecule has 0 spiro atoms. The molecule has 10 nitrogen and oxygen atoms in total. The molecule has 172 valence electrons. The van der Waals surface area contributed by atoms with E-state index in [2.05, 4.69) is 24.9 Å². The number of unbranched alkanes of at least 4 members (excludes halogenated alkanes) is 1. The lowest BCUT2D eigenvalue weighted by Crippen LogP contribution is -2.46. The van der Waals surface area contributed by atoms with Crippen molar-refractivity contribution >= 4 is 30.4 Å². The maximum Gasteiger partial charge on any atom is 0.340 e. The Labute approximate surface area is 185 Å². The number of thiol groups is 1. The summed E-state index contributed by atoms with van der Waals surface area (Å²) in [6, 6.07) is 1.10. The second kappa shape index (κ2) is 11.3. The number of ether oxygens (including phenoxy) is 2. The van der Waals surface area contributed by atoms with Gasteiger partial charge in [0.25, 0.3) is 11.5 Å². The van der Waals surface area contributed by atoms with Crippen molar-refractivity contribution in [1.29, 1.82) is 0 Å². The van der Waals surface area contributed by atoms with Gasteiger partial charge in [0, 0.05) is 18.2 Å². The second-order valence-electron chi connectivity index (χ2n) is 7.63. The van der Waals surface area contributed by atoms with E-state index >= 15 is 0 Å². The van der Waals surface area contributed by atoms with Crippen LogP contribution < -0.4 is 16.6 Å². The fourth-order valence-corrected chi connectivity index (χ4v) is 3.45. The zero-order valence-corrected chi connectivity index (χ0v) is 18.8. The van der Waals surface area contributed by atoms with E-state index < -0.39 is 53.7 Å². The summed E-state index contributed by atoms with van der Waals surface area (Å²) < 4.78 is 12.4. The first-order valence-electron chi connectivity index (χ1n) is 10.3. The average Bonchev–Trinajstić information content (AvgIpc) is 3.09. The summed E-state index contributed by atoms with van der Waals surface area (Å²) in [5.74, 6) is -2.32. The molecule has 1 fully saturated rings. The zero-order chi connectivity index (χ0) is 23.1. The fourth-order valence-electron chi connectivity index (χ4n) is 3.36. The van der Waals surface area contributed by atoms with Gasteiger partial charge < -0.3 is 14.8 Å². The molecule has 1 aliphatic heterocycles. The average molecular weight is 456 g/mol. The Balaban J connectivity index is 2.07. The summed E-state index contributed by atoms with van der Waals surface area (Å²) in [5, 5.41) is 1.67. The highest BCUT2D eigenvalue weighted by Crippen LogP contribution is 2.35. The lowest BCUT2D eigenvalue weighted by Gasteiger charge is -2.19. The third kappa shape index (κ3) is 6.54. The van der Waals surface area contributed by atoms with E-state index in [1.807, 2.05) is 6.92 Å². The third-order valence-electron chi connectivity index (χ3n) is 5.01. The lowest BCUT2D eigenvalue weighted by atomic mass is 10.0. The second-order valence-corrected chi connectivity index (χ2v) is 8.41. The van der Waals surface area contributed by atoms with E-state index in [4.69, 9.17) is 9.47 Å². The summed E-state index contributed by atoms with van der Waals surface area (Å²) in [7, 11) is 0. The molecule has 0 aromatic carbocycles. The van der Waals surface area contributed by atoms with Crippen molar-refractivity contribution < 1.29 is 23.9 Å². The highest BCUT2D eigenvalue weighted by atomic mass is 32.1. The Morgan fingerprint density at radius 2 is 2.06 bits per heavy atom. The van der Waals surface area contributed by atoms with Crippen LogP contribution in [0, 0.1) is 5.92 Å². The van der Waals surface area contributed by atoms with Gasteiger partial charge >= 0.3 is 11.7 Å². The predicted molar refractivity (Wildman–Crippen MR) is 115 cm³/mol. The molecule has 0 radical (unpaired) electrons. The normalized spacial score (nSPS) is 21.5. The van der Waals surface area contributed by atoms with E-state index in [0.29, 0.717) is 4.57 Å². The van der Waals surface area contributed by atoms with E-state index in [-0.39, 0.29) is 12.0 Å². The molecule has 31 heavy (non-hydrogen) atoms. The largest absolute Gasteiger partial charge is 0.454 e. The maximum atomic E-state index is 12.8. The first-order valence-corrected chi connectivity index (χ1v) is 10.8. The van der Waals surface area contributed by atoms with Crippen LogP contribution in [-0.4, -0.2) is 51.4 Å². The van der Waals surface area contributed by atoms with Crippen LogP contribution in [-0.2, 0) is 19.1 Å². The minimum Gasteiger partial charge on any atom is -0.454 e. The highest BCUT2D eigenvalue weighted by molar-refractivity contribution is 7.81. The number of amides is 1. The summed E-state index contributed by atoms with van der Waals surface area (Å²) in [5.41, 5.74) is -1.67. The first-order chi connectivity index (χ1) is 14.6. The van der Waals surface area contributed by atoms with Crippen LogP contribution in [0.2, 0.25) is 0 Å². The summed E-state index contributed by atoms with van der Waals surface area (Å²) in [4.78, 5) is 60.5. The predicted octanol–water partition coefficient (Wildman–Crippen LogP) is 0.742. The van der Waals surface area contributed by atoms with E-state index in [0.717, 1.165) is 31.7 Å². The fraction of sp³-hybridized carbons (Fsp3) is 0.650. The molecule has 1 amide bonds. The van der Waals surface area contributed by atoms with Crippen molar-refractivity contribution in [1.82, 2.24) is 14.5 Å². The number of carbonyl (C=O) groups excluding carboxylic acids is 3. The molecule has 1 N–H and O–H groups in total. The Morgan fingerprint density at radius 1 is 1.35 bits per heavy atom. The van der Waals surface area contributed by atoms with Crippen molar-refractivity contribution in [2.24, 2.45) is 5.92 Å². The van der Waals surface area contributed by atoms with Crippen LogP contribution in [0.5, 0.6) is 0 Å². The third-order valence-corrected chi connectivity index (χ3v) is 5.24. The molecular weight excluding hydrogens is 426 g/mol. The monoisotopic (exact) mass is 455 g/mol. The molecular formula is C20H29N3O7S. The van der Waals surface area contributed by atoms with Gasteiger partial charge in [0.2, 0.25) is 5.91 Å². The van der Waals surface area contributed by atoms with Gasteiger partial charge in [-0.05, 0) is 19.8 Å². The molecule has 1 saturated heterocycles. The molecule has 11 heteroatoms. The molecule has 0 aliphatic carbocycles. The van der Waals surface area contributed by atoms with Crippen molar-refractivity contribution in [3.63, 3.8) is 0 Å². The van der Waals surface area contributed by atoms with Gasteiger partial charge in [-0.25, -0.2) is 4.79 Å². The standard InChI is InChI=1S/C20H29N3O7S/c1-4-5-6-14-9-12(2)19(30-14)22-8-7-15(24)23(20(22)28)16(25)11-29-17(26)10-21-18(27)13(3)31/h7-8,12-14,19,31H,4-6,9-11H2,1-3H3,(H,21,27)/t12?,13-,14?,19?/m1/s1. The molecule has 1 aromatic heterocycles. The number of hydrogen-bond acceptors (Lipinski definition) is 8. The summed E-state index contributed by atoms with van der Waals surface area (Å²) in [6.07, 6.45) is 4.44. The van der Waals surface area contributed by atoms with Crippen molar-refractivity contribution in [2.45, 2.75) is 64.0 Å². The Morgan fingerprint density at radius 3 is 2.71 bits per heavy atom. The minimum atomic E-state index is -0.986. The Kier molecular flexibility index (Phi) is 9.05. The zero-order valence-electron chi connectivity index (χ0n) is 17.9. The van der Waals surface area contributed by atoms with E-state index in [1.54, 1.807) is 0 Å². The lowest BCUT2D eigenvalue weighted by molar-refractivity contribution is -0.142. The Hall–Kier alpha value is -2.40. The number of hydrogen-bond donors (Lipinski definition) is 2. The van der Waals surface area contributed by atoms with E-state index in [1.165, 1.54) is 17.7 Å². The molecule has 1 aliphatic rings. The highest BCUT2D eigenvalue weighted by Gasteiger charge is 2.34. The van der Waals surface area contributed by atoms with E-state index in [9.17, 15) is 24.0 Å². The van der Waals surface area contributed by atoms with Gasteiger partial charge in [-0.15, -0.1) is 0 Å². The van der Waals surface area contributed by atoms with Crippen LogP contribution >= 0.6 is 12.6 Å². The number of nitrogens with zero attached hydrogens (tertiary/aromatic N) is 2. The molecule has 2 rings (SSSR count). The number of carbonyl (C=O) groups is 3. The van der Waals surface area contributed by atoms with Gasteiger partial charge in [-0.3, -0.25) is 23.7 Å². The van der Waals surface area contributed by atoms with Crippen LogP contribution in [0.1, 0.15) is 57.5 Å². The van der Waals surface area contributed by atoms with Gasteiger partial charge in [0.05, 0.1) is 11.4 Å². The maximum absolute atomic E-state index is 12.8. The molecule has 3 unspecified atom stereocenters. The van der Waals surface area contributed by atoms with Crippen molar-refractivity contribution in [3.8, 4) is 0 Å². The van der Waals surface area contributed by atoms with Crippen molar-refractivity contribution in [2.75, 3.05) is 13.2 Å². The number of esters is 1. The number of nitrogens with one attached hydrogen (secondary N) is 1. The summed E-state index contributed by atoms with van der Waals surface area (Å²) >= 11 is 3.92. The minimum absolute atomic E-state index is 0.0130. The SMILES string of the molecule is CCCCC1CC(C)C(n2ccc(=O)n(C(=O)COC(=O)CNC(=O)[C@@H](C)S)c2=O)O1. The molecule has 1 aromatic rings. The van der Waals surface area contributed by atoms with Crippen molar-refractivity contribution in [3.05, 3.63) is 33.1 Å². The number of rotatable bonds is 9. The van der Waals surface area contributed by atoms with Crippen LogP contribution in [0.15, 0.2) is 21.9 Å². The van der Waals surface area contributed by atoms with Gasteiger partial charge in [-0.1, -0.05) is 26.7 Å².